The average Bonchev–Trinajstić information content (AvgIpc) is 2.24. The van der Waals surface area contributed by atoms with Crippen LogP contribution in [0.5, 0.6) is 0 Å². The first-order valence-electron chi connectivity index (χ1n) is 5.67. The van der Waals surface area contributed by atoms with Gasteiger partial charge in [-0.05, 0) is 39.2 Å². The number of carbonyl (C=O) groups excluding carboxylic acids is 2. The third-order valence-corrected chi connectivity index (χ3v) is 3.51. The zero-order chi connectivity index (χ0) is 12.1. The minimum absolute atomic E-state index is 0.0651. The van der Waals surface area contributed by atoms with Gasteiger partial charge in [0.2, 0.25) is 11.8 Å². The lowest BCUT2D eigenvalue weighted by Crippen LogP contribution is -2.59. The Morgan fingerprint density at radius 2 is 1.81 bits per heavy atom. The molecule has 0 aromatic rings. The van der Waals surface area contributed by atoms with Crippen LogP contribution in [0, 0.1) is 5.41 Å². The highest BCUT2D eigenvalue weighted by atomic mass is 16.2. The molecule has 0 aliphatic carbocycles. The minimum Gasteiger partial charge on any atom is -0.300 e. The van der Waals surface area contributed by atoms with Crippen LogP contribution in [0.15, 0.2) is 11.4 Å². The van der Waals surface area contributed by atoms with Crippen molar-refractivity contribution in [3.63, 3.8) is 0 Å². The van der Waals surface area contributed by atoms with Crippen molar-refractivity contribution >= 4 is 11.8 Å². The number of hydrogen-bond donors (Lipinski definition) is 0. The fraction of sp³-hybridized carbons (Fsp3) is 0.667. The molecule has 4 nitrogen and oxygen atoms in total. The molecule has 0 atom stereocenters. The van der Waals surface area contributed by atoms with E-state index in [2.05, 4.69) is 0 Å². The molecular weight excluding hydrogens is 204 g/mol. The smallest absolute Gasteiger partial charge is 0.243 e. The first-order valence-corrected chi connectivity index (χ1v) is 5.67. The molecule has 88 valence electrons. The molecule has 2 heterocycles. The minimum atomic E-state index is -0.921. The van der Waals surface area contributed by atoms with Crippen molar-refractivity contribution < 1.29 is 9.59 Å². The maximum absolute atomic E-state index is 12.2. The van der Waals surface area contributed by atoms with Crippen molar-refractivity contribution in [2.24, 2.45) is 5.41 Å². The third kappa shape index (κ3) is 1.29. The zero-order valence-corrected chi connectivity index (χ0v) is 10.3. The van der Waals surface area contributed by atoms with Crippen molar-refractivity contribution in [3.8, 4) is 0 Å². The monoisotopic (exact) mass is 222 g/mol. The van der Waals surface area contributed by atoms with E-state index in [1.54, 1.807) is 30.7 Å². The van der Waals surface area contributed by atoms with Crippen LogP contribution in [0.1, 0.15) is 33.6 Å². The van der Waals surface area contributed by atoms with Crippen LogP contribution in [0.3, 0.4) is 0 Å². The van der Waals surface area contributed by atoms with Gasteiger partial charge in [-0.25, -0.2) is 0 Å². The Hall–Kier alpha value is -1.32. The predicted octanol–water partition coefficient (Wildman–Crippen LogP) is 1.34. The summed E-state index contributed by atoms with van der Waals surface area (Å²) in [5.74, 6) is 0.634. The quantitative estimate of drug-likeness (QED) is 0.580. The van der Waals surface area contributed by atoms with Crippen LogP contribution in [0.4, 0.5) is 0 Å². The van der Waals surface area contributed by atoms with Crippen LogP contribution in [-0.2, 0) is 9.59 Å². The number of hydrogen-bond acceptors (Lipinski definition) is 2. The zero-order valence-electron chi connectivity index (χ0n) is 10.3. The molecule has 2 rings (SSSR count). The number of carbonyl (C=O) groups is 2. The fourth-order valence-corrected chi connectivity index (χ4v) is 2.56. The summed E-state index contributed by atoms with van der Waals surface area (Å²) < 4.78 is 0. The lowest BCUT2D eigenvalue weighted by molar-refractivity contribution is -0.159. The van der Waals surface area contributed by atoms with Gasteiger partial charge in [0.15, 0.2) is 0 Å². The molecule has 0 N–H and O–H groups in total. The van der Waals surface area contributed by atoms with Crippen LogP contribution in [-0.4, -0.2) is 35.2 Å². The third-order valence-electron chi connectivity index (χ3n) is 3.51. The molecule has 4 heteroatoms. The summed E-state index contributed by atoms with van der Waals surface area (Å²) in [4.78, 5) is 27.7. The van der Waals surface area contributed by atoms with Gasteiger partial charge in [0, 0.05) is 13.6 Å². The largest absolute Gasteiger partial charge is 0.300 e. The predicted molar refractivity (Wildman–Crippen MR) is 60.2 cm³/mol. The fourth-order valence-electron chi connectivity index (χ4n) is 2.56. The first-order chi connectivity index (χ1) is 7.37. The molecule has 1 saturated heterocycles. The van der Waals surface area contributed by atoms with Crippen LogP contribution < -0.4 is 0 Å². The molecule has 0 bridgehead atoms. The SMILES string of the molecule is CC1=C2N(C)C(=O)C(C)(C)C(=O)N2CCC1. The highest BCUT2D eigenvalue weighted by molar-refractivity contribution is 6.07. The molecule has 2 amide bonds. The van der Waals surface area contributed by atoms with Crippen LogP contribution in [0.2, 0.25) is 0 Å². The summed E-state index contributed by atoms with van der Waals surface area (Å²) >= 11 is 0. The van der Waals surface area contributed by atoms with Gasteiger partial charge >= 0.3 is 0 Å². The Morgan fingerprint density at radius 1 is 1.19 bits per heavy atom. The van der Waals surface area contributed by atoms with Crippen LogP contribution in [0.25, 0.3) is 0 Å². The lowest BCUT2D eigenvalue weighted by atomic mass is 9.86. The van der Waals surface area contributed by atoms with Gasteiger partial charge in [0.1, 0.15) is 11.2 Å². The average molecular weight is 222 g/mol. The molecule has 2 aliphatic rings. The molecule has 0 spiro atoms. The van der Waals surface area contributed by atoms with Gasteiger partial charge < -0.3 is 4.90 Å². The van der Waals surface area contributed by atoms with Crippen molar-refractivity contribution in [3.05, 3.63) is 11.4 Å². The second kappa shape index (κ2) is 3.34. The summed E-state index contributed by atoms with van der Waals surface area (Å²) in [6, 6.07) is 0. The number of rotatable bonds is 0. The Kier molecular flexibility index (Phi) is 2.33. The van der Waals surface area contributed by atoms with Gasteiger partial charge in [-0.3, -0.25) is 14.5 Å². The maximum Gasteiger partial charge on any atom is 0.243 e. The molecule has 16 heavy (non-hydrogen) atoms. The first kappa shape index (κ1) is 11.2. The van der Waals surface area contributed by atoms with E-state index < -0.39 is 5.41 Å². The van der Waals surface area contributed by atoms with Crippen molar-refractivity contribution in [2.45, 2.75) is 33.6 Å². The van der Waals surface area contributed by atoms with Gasteiger partial charge in [0.25, 0.3) is 0 Å². The summed E-state index contributed by atoms with van der Waals surface area (Å²) in [6.45, 7) is 6.13. The molecule has 0 saturated carbocycles. The van der Waals surface area contributed by atoms with E-state index in [4.69, 9.17) is 0 Å². The van der Waals surface area contributed by atoms with E-state index in [0.29, 0.717) is 0 Å². The van der Waals surface area contributed by atoms with Gasteiger partial charge in [-0.2, -0.15) is 0 Å². The van der Waals surface area contributed by atoms with E-state index in [0.717, 1.165) is 30.8 Å². The standard InChI is InChI=1S/C12H18N2O2/c1-8-6-5-7-14-9(8)13(4)10(15)12(2,3)11(14)16/h5-7H2,1-4H3. The second-order valence-electron chi connectivity index (χ2n) is 5.15. The number of fused-ring (bicyclic) bond motifs is 1. The Balaban J connectivity index is 2.52. The molecule has 0 unspecified atom stereocenters. The number of allylic oxidation sites excluding steroid dienone is 1. The second-order valence-corrected chi connectivity index (χ2v) is 5.15. The Labute approximate surface area is 95.9 Å². The number of amides is 2. The number of nitrogens with zero attached hydrogens (tertiary/aromatic N) is 2. The molecule has 2 aliphatic heterocycles. The van der Waals surface area contributed by atoms with E-state index in [9.17, 15) is 9.59 Å². The highest BCUT2D eigenvalue weighted by Gasteiger charge is 2.49. The van der Waals surface area contributed by atoms with E-state index in [1.807, 2.05) is 6.92 Å². The van der Waals surface area contributed by atoms with Crippen molar-refractivity contribution in [2.75, 3.05) is 13.6 Å². The van der Waals surface area contributed by atoms with Crippen molar-refractivity contribution in [1.82, 2.24) is 9.80 Å². The van der Waals surface area contributed by atoms with Crippen molar-refractivity contribution in [1.29, 1.82) is 0 Å². The summed E-state index contributed by atoms with van der Waals surface area (Å²) in [6.07, 6.45) is 1.95. The molecule has 0 radical (unpaired) electrons. The maximum atomic E-state index is 12.2. The van der Waals surface area contributed by atoms with Crippen LogP contribution >= 0.6 is 0 Å². The van der Waals surface area contributed by atoms with Gasteiger partial charge in [-0.15, -0.1) is 0 Å². The van der Waals surface area contributed by atoms with E-state index >= 15 is 0 Å². The summed E-state index contributed by atoms with van der Waals surface area (Å²) in [5.41, 5.74) is 0.210. The molecular formula is C12H18N2O2. The lowest BCUT2D eigenvalue weighted by Gasteiger charge is -2.45. The van der Waals surface area contributed by atoms with E-state index in [1.165, 1.54) is 0 Å². The molecule has 1 fully saturated rings. The molecule has 0 aromatic carbocycles. The summed E-state index contributed by atoms with van der Waals surface area (Å²) in [7, 11) is 1.76. The Bertz CT molecular complexity index is 396. The highest BCUT2D eigenvalue weighted by Crippen LogP contribution is 2.36. The van der Waals surface area contributed by atoms with Gasteiger partial charge in [-0.1, -0.05) is 0 Å². The molecule has 0 aromatic heterocycles. The summed E-state index contributed by atoms with van der Waals surface area (Å²) in [5, 5.41) is 0. The van der Waals surface area contributed by atoms with E-state index in [-0.39, 0.29) is 11.8 Å². The topological polar surface area (TPSA) is 40.6 Å². The van der Waals surface area contributed by atoms with Gasteiger partial charge in [0.05, 0.1) is 0 Å². The Morgan fingerprint density at radius 3 is 2.44 bits per heavy atom. The normalized spacial score (nSPS) is 25.0.